The summed E-state index contributed by atoms with van der Waals surface area (Å²) < 4.78 is 9.87. The molecule has 0 N–H and O–H groups in total. The van der Waals surface area contributed by atoms with E-state index in [0.717, 1.165) is 21.9 Å². The third-order valence-corrected chi connectivity index (χ3v) is 5.91. The van der Waals surface area contributed by atoms with E-state index in [0.29, 0.717) is 30.9 Å². The van der Waals surface area contributed by atoms with Crippen LogP contribution in [0.1, 0.15) is 11.1 Å². The summed E-state index contributed by atoms with van der Waals surface area (Å²) in [7, 11) is 1.61. The Hall–Kier alpha value is -3.97. The van der Waals surface area contributed by atoms with E-state index in [9.17, 15) is 9.59 Å². The Labute approximate surface area is 190 Å². The maximum absolute atomic E-state index is 13.6. The van der Waals surface area contributed by atoms with E-state index in [1.807, 2.05) is 72.8 Å². The quantitative estimate of drug-likeness (QED) is 0.390. The van der Waals surface area contributed by atoms with Crippen LogP contribution in [0.4, 0.5) is 0 Å². The molecule has 0 saturated carbocycles. The normalized spacial score (nSPS) is 11.4. The van der Waals surface area contributed by atoms with Gasteiger partial charge in [0.1, 0.15) is 0 Å². The van der Waals surface area contributed by atoms with Gasteiger partial charge in [-0.2, -0.15) is 0 Å². The lowest BCUT2D eigenvalue weighted by Gasteiger charge is -2.14. The highest BCUT2D eigenvalue weighted by Gasteiger charge is 2.19. The van der Waals surface area contributed by atoms with E-state index in [1.165, 1.54) is 4.57 Å². The van der Waals surface area contributed by atoms with Crippen LogP contribution in [0, 0.1) is 0 Å². The van der Waals surface area contributed by atoms with Crippen molar-refractivity contribution in [3.05, 3.63) is 111 Å². The molecule has 7 nitrogen and oxygen atoms in total. The number of fused-ring (bicyclic) bond motifs is 2. The highest BCUT2D eigenvalue weighted by atomic mass is 16.5. The van der Waals surface area contributed by atoms with Crippen molar-refractivity contribution in [2.75, 3.05) is 13.7 Å². The zero-order chi connectivity index (χ0) is 22.8. The summed E-state index contributed by atoms with van der Waals surface area (Å²) in [5.41, 5.74) is 1.95. The van der Waals surface area contributed by atoms with Crippen LogP contribution >= 0.6 is 0 Å². The lowest BCUT2D eigenvalue weighted by atomic mass is 10.0. The fourth-order valence-corrected chi connectivity index (χ4v) is 4.25. The highest BCUT2D eigenvalue weighted by Crippen LogP contribution is 2.19. The lowest BCUT2D eigenvalue weighted by Crippen LogP contribution is -2.41. The Kier molecular flexibility index (Phi) is 5.62. The van der Waals surface area contributed by atoms with Crippen molar-refractivity contribution in [1.29, 1.82) is 0 Å². The molecule has 0 amide bonds. The van der Waals surface area contributed by atoms with Crippen LogP contribution in [-0.4, -0.2) is 32.4 Å². The number of benzene rings is 3. The van der Waals surface area contributed by atoms with Crippen molar-refractivity contribution in [3.8, 4) is 0 Å². The van der Waals surface area contributed by atoms with Gasteiger partial charge in [0, 0.05) is 13.7 Å². The van der Waals surface area contributed by atoms with Gasteiger partial charge in [0.05, 0.1) is 26.0 Å². The van der Waals surface area contributed by atoms with Gasteiger partial charge in [0.2, 0.25) is 0 Å². The predicted molar refractivity (Wildman–Crippen MR) is 129 cm³/mol. The van der Waals surface area contributed by atoms with E-state index in [4.69, 9.17) is 4.74 Å². The maximum atomic E-state index is 13.6. The summed E-state index contributed by atoms with van der Waals surface area (Å²) >= 11 is 0. The van der Waals surface area contributed by atoms with Crippen molar-refractivity contribution in [2.45, 2.75) is 19.6 Å². The number of methoxy groups -OCH3 is 1. The second-order valence-corrected chi connectivity index (χ2v) is 7.99. The van der Waals surface area contributed by atoms with Gasteiger partial charge >= 0.3 is 5.69 Å². The molecule has 0 spiro atoms. The summed E-state index contributed by atoms with van der Waals surface area (Å²) in [4.78, 5) is 31.7. The second-order valence-electron chi connectivity index (χ2n) is 7.99. The van der Waals surface area contributed by atoms with E-state index in [1.54, 1.807) is 22.6 Å². The van der Waals surface area contributed by atoms with Crippen LogP contribution in [-0.2, 0) is 24.4 Å². The van der Waals surface area contributed by atoms with Crippen LogP contribution in [0.2, 0.25) is 0 Å². The SMILES string of the molecule is COCCn1cnc2c1c(=O)n(Cc1cccc3ccccc13)c(=O)n2Cc1ccccc1. The number of hydrogen-bond acceptors (Lipinski definition) is 4. The standard InChI is InChI=1S/C26H24N4O3/c1-33-15-14-28-18-27-24-23(28)25(31)30(26(32)29(24)16-19-8-3-2-4-9-19)17-21-12-7-11-20-10-5-6-13-22(20)21/h2-13,18H,14-17H2,1H3. The Balaban J connectivity index is 1.72. The first-order valence-electron chi connectivity index (χ1n) is 10.9. The van der Waals surface area contributed by atoms with Crippen molar-refractivity contribution in [2.24, 2.45) is 0 Å². The molecule has 0 aliphatic rings. The van der Waals surface area contributed by atoms with Gasteiger partial charge < -0.3 is 9.30 Å². The summed E-state index contributed by atoms with van der Waals surface area (Å²) in [6.07, 6.45) is 1.61. The molecule has 166 valence electrons. The molecule has 2 aromatic heterocycles. The number of imidazole rings is 1. The van der Waals surface area contributed by atoms with Crippen molar-refractivity contribution >= 4 is 21.9 Å². The first-order chi connectivity index (χ1) is 16.2. The average Bonchev–Trinajstić information content (AvgIpc) is 3.28. The molecule has 7 heteroatoms. The molecule has 33 heavy (non-hydrogen) atoms. The summed E-state index contributed by atoms with van der Waals surface area (Å²) in [5, 5.41) is 2.09. The fourth-order valence-electron chi connectivity index (χ4n) is 4.25. The first kappa shape index (κ1) is 20.9. The number of hydrogen-bond donors (Lipinski definition) is 0. The topological polar surface area (TPSA) is 71.1 Å². The Morgan fingerprint density at radius 1 is 0.848 bits per heavy atom. The minimum absolute atomic E-state index is 0.180. The van der Waals surface area contributed by atoms with Gasteiger partial charge in [-0.05, 0) is 21.9 Å². The third-order valence-electron chi connectivity index (χ3n) is 5.91. The molecule has 5 aromatic rings. The van der Waals surface area contributed by atoms with Gasteiger partial charge in [0.15, 0.2) is 11.2 Å². The molecule has 0 saturated heterocycles. The zero-order valence-corrected chi connectivity index (χ0v) is 18.3. The molecule has 0 radical (unpaired) electrons. The molecule has 0 aliphatic carbocycles. The van der Waals surface area contributed by atoms with Gasteiger partial charge in [-0.1, -0.05) is 72.8 Å². The minimum Gasteiger partial charge on any atom is -0.383 e. The van der Waals surface area contributed by atoms with Crippen LogP contribution in [0.25, 0.3) is 21.9 Å². The smallest absolute Gasteiger partial charge is 0.333 e. The molecule has 5 rings (SSSR count). The molecule has 2 heterocycles. The summed E-state index contributed by atoms with van der Waals surface area (Å²) in [5.74, 6) is 0. The largest absolute Gasteiger partial charge is 0.383 e. The lowest BCUT2D eigenvalue weighted by molar-refractivity contribution is 0.188. The van der Waals surface area contributed by atoms with Gasteiger partial charge in [-0.15, -0.1) is 0 Å². The fraction of sp³-hybridized carbons (Fsp3) is 0.192. The molecule has 0 aliphatic heterocycles. The zero-order valence-electron chi connectivity index (χ0n) is 18.3. The third kappa shape index (κ3) is 3.87. The Morgan fingerprint density at radius 2 is 1.61 bits per heavy atom. The number of ether oxygens (including phenoxy) is 1. The second kappa shape index (κ2) is 8.88. The molecule has 3 aromatic carbocycles. The van der Waals surface area contributed by atoms with Crippen molar-refractivity contribution < 1.29 is 4.74 Å². The van der Waals surface area contributed by atoms with Crippen LogP contribution in [0.3, 0.4) is 0 Å². The van der Waals surface area contributed by atoms with E-state index in [-0.39, 0.29) is 17.8 Å². The average molecular weight is 441 g/mol. The van der Waals surface area contributed by atoms with Crippen molar-refractivity contribution in [1.82, 2.24) is 18.7 Å². The van der Waals surface area contributed by atoms with E-state index >= 15 is 0 Å². The summed E-state index contributed by atoms with van der Waals surface area (Å²) in [6, 6.07) is 23.6. The summed E-state index contributed by atoms with van der Waals surface area (Å²) in [6.45, 7) is 1.42. The highest BCUT2D eigenvalue weighted by molar-refractivity contribution is 5.85. The molecule has 0 atom stereocenters. The molecule has 0 unspecified atom stereocenters. The van der Waals surface area contributed by atoms with Gasteiger partial charge in [0.25, 0.3) is 5.56 Å². The van der Waals surface area contributed by atoms with Gasteiger partial charge in [-0.25, -0.2) is 9.78 Å². The van der Waals surface area contributed by atoms with E-state index in [2.05, 4.69) is 4.98 Å². The predicted octanol–water partition coefficient (Wildman–Crippen LogP) is 3.26. The number of aromatic nitrogens is 4. The van der Waals surface area contributed by atoms with E-state index < -0.39 is 0 Å². The van der Waals surface area contributed by atoms with Gasteiger partial charge in [-0.3, -0.25) is 13.9 Å². The first-order valence-corrected chi connectivity index (χ1v) is 10.9. The Bertz CT molecular complexity index is 1540. The Morgan fingerprint density at radius 3 is 2.42 bits per heavy atom. The van der Waals surface area contributed by atoms with Crippen LogP contribution < -0.4 is 11.2 Å². The molecular formula is C26H24N4O3. The minimum atomic E-state index is -0.374. The molecule has 0 bridgehead atoms. The maximum Gasteiger partial charge on any atom is 0.333 e. The molecular weight excluding hydrogens is 416 g/mol. The van der Waals surface area contributed by atoms with Crippen molar-refractivity contribution in [3.63, 3.8) is 0 Å². The molecule has 0 fully saturated rings. The monoisotopic (exact) mass is 440 g/mol. The van der Waals surface area contributed by atoms with Crippen LogP contribution in [0.15, 0.2) is 88.7 Å². The number of nitrogens with zero attached hydrogens (tertiary/aromatic N) is 4. The van der Waals surface area contributed by atoms with Crippen LogP contribution in [0.5, 0.6) is 0 Å². The number of rotatable bonds is 7.